The number of carbonyl (C=O) groups is 1. The van der Waals surface area contributed by atoms with Crippen molar-refractivity contribution in [3.63, 3.8) is 0 Å². The highest BCUT2D eigenvalue weighted by Crippen LogP contribution is 2.42. The highest BCUT2D eigenvalue weighted by molar-refractivity contribution is 5.74. The van der Waals surface area contributed by atoms with Gasteiger partial charge in [0.25, 0.3) is 0 Å². The second kappa shape index (κ2) is 13.2. The SMILES string of the molecule is CCC(C)C(=O)Oc1ccc(C(O)CCCN2CCC(C(O)(c3ccccc3)c3ccccc3)CC2)c(O)c1. The molecule has 1 heterocycles. The van der Waals surface area contributed by atoms with Crippen LogP contribution in [0.1, 0.15) is 68.7 Å². The Morgan fingerprint density at radius 1 is 1.00 bits per heavy atom. The maximum atomic E-state index is 12.1. The summed E-state index contributed by atoms with van der Waals surface area (Å²) in [6.45, 7) is 6.31. The largest absolute Gasteiger partial charge is 0.507 e. The molecular weight excluding hydrogens is 490 g/mol. The maximum absolute atomic E-state index is 12.1. The number of aliphatic hydroxyl groups excluding tert-OH is 1. The van der Waals surface area contributed by atoms with Gasteiger partial charge in [0.15, 0.2) is 0 Å². The molecule has 0 aliphatic carbocycles. The first-order valence-corrected chi connectivity index (χ1v) is 14.1. The van der Waals surface area contributed by atoms with E-state index in [1.807, 2.05) is 67.6 Å². The summed E-state index contributed by atoms with van der Waals surface area (Å²) in [5.41, 5.74) is 1.27. The third kappa shape index (κ3) is 6.88. The van der Waals surface area contributed by atoms with Crippen LogP contribution in [-0.2, 0) is 10.4 Å². The minimum atomic E-state index is -1.03. The van der Waals surface area contributed by atoms with Gasteiger partial charge < -0.3 is 25.0 Å². The van der Waals surface area contributed by atoms with E-state index in [1.54, 1.807) is 19.1 Å². The highest BCUT2D eigenvalue weighted by atomic mass is 16.5. The first-order valence-electron chi connectivity index (χ1n) is 14.1. The van der Waals surface area contributed by atoms with Gasteiger partial charge >= 0.3 is 5.97 Å². The van der Waals surface area contributed by atoms with E-state index >= 15 is 0 Å². The van der Waals surface area contributed by atoms with Crippen molar-refractivity contribution in [3.8, 4) is 11.5 Å². The average Bonchev–Trinajstić information content (AvgIpc) is 2.97. The zero-order valence-electron chi connectivity index (χ0n) is 23.0. The first-order chi connectivity index (χ1) is 18.8. The lowest BCUT2D eigenvalue weighted by Crippen LogP contribution is -2.44. The molecule has 208 valence electrons. The molecule has 3 aromatic rings. The van der Waals surface area contributed by atoms with Crippen LogP contribution < -0.4 is 4.74 Å². The van der Waals surface area contributed by atoms with Gasteiger partial charge in [-0.25, -0.2) is 0 Å². The van der Waals surface area contributed by atoms with Crippen LogP contribution in [-0.4, -0.2) is 45.8 Å². The molecule has 1 fully saturated rings. The van der Waals surface area contributed by atoms with Crippen LogP contribution in [0.2, 0.25) is 0 Å². The van der Waals surface area contributed by atoms with Crippen molar-refractivity contribution >= 4 is 5.97 Å². The van der Waals surface area contributed by atoms with Gasteiger partial charge in [-0.15, -0.1) is 0 Å². The molecule has 0 radical (unpaired) electrons. The molecule has 1 saturated heterocycles. The number of aliphatic hydroxyl groups is 2. The molecule has 0 bridgehead atoms. The lowest BCUT2D eigenvalue weighted by Gasteiger charge is -2.42. The summed E-state index contributed by atoms with van der Waals surface area (Å²) in [5.74, 6) is -0.233. The number of aromatic hydroxyl groups is 1. The van der Waals surface area contributed by atoms with Crippen LogP contribution >= 0.6 is 0 Å². The van der Waals surface area contributed by atoms with Crippen LogP contribution in [0.3, 0.4) is 0 Å². The Morgan fingerprint density at radius 3 is 2.13 bits per heavy atom. The van der Waals surface area contributed by atoms with Crippen LogP contribution in [0.25, 0.3) is 0 Å². The molecule has 39 heavy (non-hydrogen) atoms. The van der Waals surface area contributed by atoms with E-state index in [4.69, 9.17) is 4.74 Å². The highest BCUT2D eigenvalue weighted by Gasteiger charge is 2.41. The summed E-state index contributed by atoms with van der Waals surface area (Å²) >= 11 is 0. The second-order valence-electron chi connectivity index (χ2n) is 10.7. The van der Waals surface area contributed by atoms with E-state index in [9.17, 15) is 20.1 Å². The Balaban J connectivity index is 1.30. The van der Waals surface area contributed by atoms with Crippen molar-refractivity contribution in [1.82, 2.24) is 4.90 Å². The Hall–Kier alpha value is -3.19. The summed E-state index contributed by atoms with van der Waals surface area (Å²) < 4.78 is 5.33. The number of piperidine rings is 1. The fourth-order valence-electron chi connectivity index (χ4n) is 5.51. The van der Waals surface area contributed by atoms with Gasteiger partial charge in [0.05, 0.1) is 12.0 Å². The molecule has 1 aliphatic rings. The average molecular weight is 532 g/mol. The van der Waals surface area contributed by atoms with Crippen molar-refractivity contribution in [1.29, 1.82) is 0 Å². The van der Waals surface area contributed by atoms with Crippen LogP contribution in [0.15, 0.2) is 78.9 Å². The second-order valence-corrected chi connectivity index (χ2v) is 10.7. The lowest BCUT2D eigenvalue weighted by molar-refractivity contribution is -0.138. The van der Waals surface area contributed by atoms with E-state index < -0.39 is 11.7 Å². The van der Waals surface area contributed by atoms with E-state index in [1.165, 1.54) is 6.07 Å². The Bertz CT molecular complexity index is 1150. The van der Waals surface area contributed by atoms with Crippen molar-refractivity contribution in [2.75, 3.05) is 19.6 Å². The number of phenolic OH excluding ortho intramolecular Hbond substituents is 1. The number of hydrogen-bond donors (Lipinski definition) is 3. The molecule has 2 unspecified atom stereocenters. The molecule has 0 aromatic heterocycles. The third-order valence-corrected chi connectivity index (χ3v) is 8.15. The quantitative estimate of drug-likeness (QED) is 0.214. The van der Waals surface area contributed by atoms with E-state index in [0.29, 0.717) is 18.4 Å². The summed E-state index contributed by atoms with van der Waals surface area (Å²) in [6, 6.07) is 24.6. The predicted octanol–water partition coefficient (Wildman–Crippen LogP) is 5.81. The standard InChI is InChI=1S/C33H41NO5/c1-3-24(2)32(37)39-28-16-17-29(31(36)23-28)30(35)15-10-20-34-21-18-27(19-22-34)33(38,25-11-6-4-7-12-25)26-13-8-5-9-14-26/h4-9,11-14,16-17,23-24,27,30,35-36,38H,3,10,15,18-22H2,1-2H3. The molecule has 1 aliphatic heterocycles. The fraction of sp³-hybridized carbons (Fsp3) is 0.424. The monoisotopic (exact) mass is 531 g/mol. The van der Waals surface area contributed by atoms with Gasteiger partial charge in [0.1, 0.15) is 17.1 Å². The first kappa shape index (κ1) is 28.8. The maximum Gasteiger partial charge on any atom is 0.314 e. The Labute approximate surface area is 231 Å². The number of rotatable bonds is 11. The number of likely N-dealkylation sites (tertiary alicyclic amines) is 1. The van der Waals surface area contributed by atoms with Gasteiger partial charge in [-0.05, 0) is 80.9 Å². The number of carbonyl (C=O) groups excluding carboxylic acids is 1. The molecule has 3 aromatic carbocycles. The summed E-state index contributed by atoms with van der Waals surface area (Å²) in [4.78, 5) is 14.4. The van der Waals surface area contributed by atoms with E-state index in [-0.39, 0.29) is 29.3 Å². The van der Waals surface area contributed by atoms with Gasteiger partial charge in [0, 0.05) is 11.6 Å². The molecule has 6 heteroatoms. The minimum absolute atomic E-state index is 0.0705. The molecule has 0 amide bonds. The molecule has 4 rings (SSSR count). The molecule has 0 spiro atoms. The molecule has 6 nitrogen and oxygen atoms in total. The number of hydrogen-bond acceptors (Lipinski definition) is 6. The van der Waals surface area contributed by atoms with Crippen molar-refractivity contribution in [3.05, 3.63) is 95.6 Å². The normalized spacial score (nSPS) is 16.5. The summed E-state index contributed by atoms with van der Waals surface area (Å²) in [7, 11) is 0. The lowest BCUT2D eigenvalue weighted by atomic mass is 9.72. The zero-order chi connectivity index (χ0) is 27.8. The number of phenols is 1. The number of esters is 1. The third-order valence-electron chi connectivity index (χ3n) is 8.15. The van der Waals surface area contributed by atoms with Crippen molar-refractivity contribution < 1.29 is 24.9 Å². The Kier molecular flexibility index (Phi) is 9.78. The number of benzene rings is 3. The van der Waals surface area contributed by atoms with Crippen LogP contribution in [0.4, 0.5) is 0 Å². The fourth-order valence-corrected chi connectivity index (χ4v) is 5.51. The van der Waals surface area contributed by atoms with Gasteiger partial charge in [0.2, 0.25) is 0 Å². The van der Waals surface area contributed by atoms with E-state index in [2.05, 4.69) is 4.90 Å². The summed E-state index contributed by atoms with van der Waals surface area (Å²) in [5, 5.41) is 33.2. The molecule has 2 atom stereocenters. The van der Waals surface area contributed by atoms with Crippen molar-refractivity contribution in [2.24, 2.45) is 11.8 Å². The Morgan fingerprint density at radius 2 is 1.59 bits per heavy atom. The summed E-state index contributed by atoms with van der Waals surface area (Å²) in [6.07, 6.45) is 2.92. The molecule has 0 saturated carbocycles. The van der Waals surface area contributed by atoms with Crippen molar-refractivity contribution in [2.45, 2.75) is 57.7 Å². The predicted molar refractivity (Wildman–Crippen MR) is 152 cm³/mol. The zero-order valence-corrected chi connectivity index (χ0v) is 23.0. The topological polar surface area (TPSA) is 90.2 Å². The van der Waals surface area contributed by atoms with Gasteiger partial charge in [-0.3, -0.25) is 4.79 Å². The molecular formula is C33H41NO5. The van der Waals surface area contributed by atoms with Crippen LogP contribution in [0, 0.1) is 11.8 Å². The van der Waals surface area contributed by atoms with E-state index in [0.717, 1.165) is 50.0 Å². The van der Waals surface area contributed by atoms with Crippen LogP contribution in [0.5, 0.6) is 11.5 Å². The molecule has 3 N–H and O–H groups in total. The minimum Gasteiger partial charge on any atom is -0.507 e. The van der Waals surface area contributed by atoms with Gasteiger partial charge in [-0.2, -0.15) is 0 Å². The number of ether oxygens (including phenoxy) is 1. The van der Waals surface area contributed by atoms with Gasteiger partial charge in [-0.1, -0.05) is 74.5 Å². The smallest absolute Gasteiger partial charge is 0.314 e. The number of nitrogens with zero attached hydrogens (tertiary/aromatic N) is 1.